The van der Waals surface area contributed by atoms with E-state index in [0.717, 1.165) is 5.92 Å². The monoisotopic (exact) mass is 249 g/mol. The second kappa shape index (κ2) is 6.33. The Kier molecular flexibility index (Phi) is 4.76. The first-order valence-corrected chi connectivity index (χ1v) is 7.16. The Morgan fingerprint density at radius 3 is 2.67 bits per heavy atom. The zero-order chi connectivity index (χ0) is 13.0. The average Bonchev–Trinajstić information content (AvgIpc) is 2.78. The topological polar surface area (TPSA) is 3.24 Å². The number of hydrogen-bond acceptors (Lipinski definition) is 1. The van der Waals surface area contributed by atoms with Gasteiger partial charge in [-0.05, 0) is 62.4 Å². The van der Waals surface area contributed by atoms with Crippen LogP contribution in [0.4, 0.5) is 4.39 Å². The summed E-state index contributed by atoms with van der Waals surface area (Å²) in [5.41, 5.74) is 1.28. The molecule has 1 saturated heterocycles. The Morgan fingerprint density at radius 2 is 2.00 bits per heavy atom. The highest BCUT2D eigenvalue weighted by Crippen LogP contribution is 2.32. The molecule has 0 radical (unpaired) electrons. The molecule has 1 unspecified atom stereocenters. The van der Waals surface area contributed by atoms with Crippen LogP contribution in [0.25, 0.3) is 0 Å². The Balaban J connectivity index is 1.92. The van der Waals surface area contributed by atoms with Gasteiger partial charge in [-0.2, -0.15) is 0 Å². The van der Waals surface area contributed by atoms with Crippen molar-refractivity contribution in [2.75, 3.05) is 13.1 Å². The van der Waals surface area contributed by atoms with Gasteiger partial charge in [0.15, 0.2) is 0 Å². The zero-order valence-electron chi connectivity index (χ0n) is 11.5. The van der Waals surface area contributed by atoms with Gasteiger partial charge in [0.25, 0.3) is 0 Å². The Hall–Kier alpha value is -0.890. The van der Waals surface area contributed by atoms with E-state index in [0.29, 0.717) is 6.04 Å². The van der Waals surface area contributed by atoms with Crippen LogP contribution in [-0.2, 0) is 0 Å². The zero-order valence-corrected chi connectivity index (χ0v) is 11.5. The summed E-state index contributed by atoms with van der Waals surface area (Å²) < 4.78 is 12.9. The fraction of sp³-hybridized carbons (Fsp3) is 0.625. The van der Waals surface area contributed by atoms with Gasteiger partial charge in [0.05, 0.1) is 0 Å². The number of nitrogens with zero attached hydrogens (tertiary/aromatic N) is 1. The molecule has 2 rings (SSSR count). The van der Waals surface area contributed by atoms with Crippen LogP contribution in [0.1, 0.15) is 51.1 Å². The highest BCUT2D eigenvalue weighted by atomic mass is 19.1. The van der Waals surface area contributed by atoms with Crippen LogP contribution in [0, 0.1) is 11.7 Å². The van der Waals surface area contributed by atoms with Crippen molar-refractivity contribution in [2.24, 2.45) is 5.92 Å². The lowest BCUT2D eigenvalue weighted by Gasteiger charge is -2.25. The van der Waals surface area contributed by atoms with Gasteiger partial charge < -0.3 is 0 Å². The molecule has 1 aliphatic rings. The maximum absolute atomic E-state index is 12.9. The number of benzene rings is 1. The van der Waals surface area contributed by atoms with Gasteiger partial charge >= 0.3 is 0 Å². The van der Waals surface area contributed by atoms with E-state index in [-0.39, 0.29) is 5.82 Å². The highest BCUT2D eigenvalue weighted by Gasteiger charge is 2.25. The fourth-order valence-corrected chi connectivity index (χ4v) is 2.86. The lowest BCUT2D eigenvalue weighted by Crippen LogP contribution is -2.24. The van der Waals surface area contributed by atoms with Gasteiger partial charge in [-0.1, -0.05) is 26.0 Å². The van der Waals surface area contributed by atoms with Crippen molar-refractivity contribution in [3.8, 4) is 0 Å². The van der Waals surface area contributed by atoms with E-state index in [1.807, 2.05) is 12.1 Å². The summed E-state index contributed by atoms with van der Waals surface area (Å²) in [6.07, 6.45) is 5.05. The predicted molar refractivity (Wildman–Crippen MR) is 74.0 cm³/mol. The van der Waals surface area contributed by atoms with Crippen LogP contribution in [0.2, 0.25) is 0 Å². The molecule has 0 spiro atoms. The Labute approximate surface area is 110 Å². The van der Waals surface area contributed by atoms with Crippen LogP contribution in [0.3, 0.4) is 0 Å². The summed E-state index contributed by atoms with van der Waals surface area (Å²) >= 11 is 0. The lowest BCUT2D eigenvalue weighted by molar-refractivity contribution is 0.247. The first-order chi connectivity index (χ1) is 8.66. The molecule has 0 bridgehead atoms. The Morgan fingerprint density at radius 1 is 1.28 bits per heavy atom. The molecule has 1 nitrogen and oxygen atoms in total. The van der Waals surface area contributed by atoms with Crippen molar-refractivity contribution < 1.29 is 4.39 Å². The summed E-state index contributed by atoms with van der Waals surface area (Å²) in [7, 11) is 0. The second-order valence-electron chi connectivity index (χ2n) is 5.78. The lowest BCUT2D eigenvalue weighted by atomic mass is 10.0. The molecule has 1 fully saturated rings. The second-order valence-corrected chi connectivity index (χ2v) is 5.78. The minimum atomic E-state index is -0.136. The molecule has 1 atom stereocenters. The number of likely N-dealkylation sites (tertiary alicyclic amines) is 1. The van der Waals surface area contributed by atoms with Gasteiger partial charge in [0, 0.05) is 6.04 Å². The van der Waals surface area contributed by atoms with Gasteiger partial charge in [-0.25, -0.2) is 4.39 Å². The molecule has 0 saturated carbocycles. The molecule has 0 amide bonds. The Bertz CT molecular complexity index is 358. The summed E-state index contributed by atoms with van der Waals surface area (Å²) in [5.74, 6) is 0.653. The van der Waals surface area contributed by atoms with E-state index >= 15 is 0 Å². The van der Waals surface area contributed by atoms with E-state index in [1.165, 1.54) is 44.3 Å². The minimum absolute atomic E-state index is 0.136. The van der Waals surface area contributed by atoms with Gasteiger partial charge in [-0.15, -0.1) is 0 Å². The van der Waals surface area contributed by atoms with Crippen molar-refractivity contribution in [1.29, 1.82) is 0 Å². The average molecular weight is 249 g/mol. The fourth-order valence-electron chi connectivity index (χ4n) is 2.86. The van der Waals surface area contributed by atoms with E-state index in [2.05, 4.69) is 18.7 Å². The molecule has 100 valence electrons. The van der Waals surface area contributed by atoms with Crippen molar-refractivity contribution in [1.82, 2.24) is 4.90 Å². The summed E-state index contributed by atoms with van der Waals surface area (Å²) in [5, 5.41) is 0. The van der Waals surface area contributed by atoms with Crippen LogP contribution < -0.4 is 0 Å². The molecule has 0 aliphatic carbocycles. The first kappa shape index (κ1) is 13.5. The maximum Gasteiger partial charge on any atom is 0.123 e. The van der Waals surface area contributed by atoms with Crippen LogP contribution in [0.5, 0.6) is 0 Å². The highest BCUT2D eigenvalue weighted by molar-refractivity contribution is 5.20. The van der Waals surface area contributed by atoms with E-state index in [1.54, 1.807) is 12.1 Å². The van der Waals surface area contributed by atoms with E-state index in [4.69, 9.17) is 0 Å². The molecule has 0 N–H and O–H groups in total. The van der Waals surface area contributed by atoms with Crippen LogP contribution >= 0.6 is 0 Å². The van der Waals surface area contributed by atoms with Gasteiger partial charge in [-0.3, -0.25) is 4.90 Å². The van der Waals surface area contributed by atoms with E-state index < -0.39 is 0 Å². The molecule has 1 aromatic rings. The summed E-state index contributed by atoms with van der Waals surface area (Å²) in [4.78, 5) is 2.57. The third-order valence-corrected chi connectivity index (χ3v) is 3.85. The third kappa shape index (κ3) is 3.55. The molecular weight excluding hydrogens is 225 g/mol. The van der Waals surface area contributed by atoms with Gasteiger partial charge in [0.2, 0.25) is 0 Å². The maximum atomic E-state index is 12.9. The first-order valence-electron chi connectivity index (χ1n) is 7.16. The normalized spacial score (nSPS) is 20.8. The van der Waals surface area contributed by atoms with Crippen LogP contribution in [0.15, 0.2) is 24.3 Å². The standard InChI is InChI=1S/C16H24FN/c1-13(2)5-3-11-18-12-4-6-16(18)14-7-9-15(17)10-8-14/h7-10,13,16H,3-6,11-12H2,1-2H3. The van der Waals surface area contributed by atoms with Crippen molar-refractivity contribution >= 4 is 0 Å². The van der Waals surface area contributed by atoms with Crippen molar-refractivity contribution in [3.05, 3.63) is 35.6 Å². The smallest absolute Gasteiger partial charge is 0.123 e. The van der Waals surface area contributed by atoms with Gasteiger partial charge in [0.1, 0.15) is 5.82 Å². The quantitative estimate of drug-likeness (QED) is 0.747. The molecular formula is C16H24FN. The third-order valence-electron chi connectivity index (χ3n) is 3.85. The molecule has 0 aromatic heterocycles. The molecule has 1 aliphatic heterocycles. The molecule has 1 heterocycles. The predicted octanol–water partition coefficient (Wildman–Crippen LogP) is 4.40. The molecule has 18 heavy (non-hydrogen) atoms. The van der Waals surface area contributed by atoms with Crippen LogP contribution in [-0.4, -0.2) is 18.0 Å². The number of hydrogen-bond donors (Lipinski definition) is 0. The minimum Gasteiger partial charge on any atom is -0.296 e. The van der Waals surface area contributed by atoms with Crippen molar-refractivity contribution in [2.45, 2.75) is 45.6 Å². The summed E-state index contributed by atoms with van der Waals surface area (Å²) in [6.45, 7) is 6.93. The number of rotatable bonds is 5. The largest absolute Gasteiger partial charge is 0.296 e. The molecule has 1 aromatic carbocycles. The number of halogens is 1. The molecule has 2 heteroatoms. The summed E-state index contributed by atoms with van der Waals surface area (Å²) in [6, 6.07) is 7.57. The van der Waals surface area contributed by atoms with Crippen molar-refractivity contribution in [3.63, 3.8) is 0 Å². The van der Waals surface area contributed by atoms with E-state index in [9.17, 15) is 4.39 Å². The SMILES string of the molecule is CC(C)CCCN1CCCC1c1ccc(F)cc1.